The highest BCUT2D eigenvalue weighted by molar-refractivity contribution is 5.83. The Morgan fingerprint density at radius 3 is 2.48 bits per heavy atom. The van der Waals surface area contributed by atoms with Crippen LogP contribution in [0.1, 0.15) is 31.2 Å². The number of phenolic OH excluding ortho intramolecular Hbond substituents is 2. The van der Waals surface area contributed by atoms with E-state index in [1.807, 2.05) is 18.2 Å². The van der Waals surface area contributed by atoms with Crippen LogP contribution in [0.2, 0.25) is 0 Å². The molecule has 0 spiro atoms. The van der Waals surface area contributed by atoms with Gasteiger partial charge in [0.1, 0.15) is 11.3 Å². The summed E-state index contributed by atoms with van der Waals surface area (Å²) in [6.45, 7) is 0. The molecular weight excluding hydrogens is 316 g/mol. The van der Waals surface area contributed by atoms with E-state index in [-0.39, 0.29) is 16.9 Å². The van der Waals surface area contributed by atoms with Crippen molar-refractivity contribution in [2.45, 2.75) is 25.7 Å². The molecule has 0 saturated heterocycles. The number of benzene rings is 2. The Morgan fingerprint density at radius 2 is 1.72 bits per heavy atom. The fourth-order valence-corrected chi connectivity index (χ4v) is 3.28. The molecule has 0 saturated carbocycles. The summed E-state index contributed by atoms with van der Waals surface area (Å²) in [7, 11) is 0. The average Bonchev–Trinajstić information content (AvgIpc) is 2.64. The minimum atomic E-state index is -0.250. The van der Waals surface area contributed by atoms with Gasteiger partial charge < -0.3 is 14.6 Å². The Bertz CT molecular complexity index is 1040. The Balaban J connectivity index is 1.81. The minimum Gasteiger partial charge on any atom is -0.504 e. The molecule has 4 nitrogen and oxygen atoms in total. The van der Waals surface area contributed by atoms with Gasteiger partial charge in [0.05, 0.1) is 5.39 Å². The highest BCUT2D eigenvalue weighted by Crippen LogP contribution is 2.32. The van der Waals surface area contributed by atoms with Crippen LogP contribution in [0.3, 0.4) is 0 Å². The first-order chi connectivity index (χ1) is 12.1. The van der Waals surface area contributed by atoms with Crippen LogP contribution < -0.4 is 5.43 Å². The van der Waals surface area contributed by atoms with Gasteiger partial charge in [-0.1, -0.05) is 12.1 Å². The third-order valence-electron chi connectivity index (χ3n) is 4.65. The molecule has 2 aromatic carbocycles. The quantitative estimate of drug-likeness (QED) is 0.659. The predicted molar refractivity (Wildman–Crippen MR) is 97.7 cm³/mol. The lowest BCUT2D eigenvalue weighted by atomic mass is 9.93. The second-order valence-electron chi connectivity index (χ2n) is 6.36. The van der Waals surface area contributed by atoms with Gasteiger partial charge in [0, 0.05) is 11.6 Å². The maximum Gasteiger partial charge on any atom is 0.193 e. The van der Waals surface area contributed by atoms with Crippen molar-refractivity contribution in [1.82, 2.24) is 0 Å². The summed E-state index contributed by atoms with van der Waals surface area (Å²) in [5.41, 5.74) is 3.29. The summed E-state index contributed by atoms with van der Waals surface area (Å²) in [4.78, 5) is 12.6. The third kappa shape index (κ3) is 2.91. The molecule has 0 amide bonds. The highest BCUT2D eigenvalue weighted by Gasteiger charge is 2.12. The maximum atomic E-state index is 12.6. The van der Waals surface area contributed by atoms with Gasteiger partial charge >= 0.3 is 0 Å². The van der Waals surface area contributed by atoms with Crippen molar-refractivity contribution in [3.63, 3.8) is 0 Å². The van der Waals surface area contributed by atoms with Crippen LogP contribution in [0.25, 0.3) is 27.9 Å². The van der Waals surface area contributed by atoms with Gasteiger partial charge in [-0.2, -0.15) is 0 Å². The summed E-state index contributed by atoms with van der Waals surface area (Å²) in [6.07, 6.45) is 6.79. The Morgan fingerprint density at radius 1 is 0.880 bits per heavy atom. The Labute approximate surface area is 144 Å². The third-order valence-corrected chi connectivity index (χ3v) is 4.65. The van der Waals surface area contributed by atoms with Gasteiger partial charge in [-0.3, -0.25) is 4.79 Å². The molecule has 1 aliphatic carbocycles. The number of hydrogen-bond donors (Lipinski definition) is 2. The van der Waals surface area contributed by atoms with Gasteiger partial charge in [0.25, 0.3) is 0 Å². The van der Waals surface area contributed by atoms with Crippen molar-refractivity contribution in [3.8, 4) is 22.8 Å². The molecule has 1 aliphatic rings. The SMILES string of the molecule is O=c1cc(-c2ccc(O)c(O)c2)oc2ccc(C3=CCCCC3)cc12. The van der Waals surface area contributed by atoms with Crippen LogP contribution in [0, 0.1) is 0 Å². The lowest BCUT2D eigenvalue weighted by molar-refractivity contribution is 0.404. The van der Waals surface area contributed by atoms with E-state index in [1.165, 1.54) is 36.6 Å². The smallest absolute Gasteiger partial charge is 0.193 e. The van der Waals surface area contributed by atoms with Crippen molar-refractivity contribution in [2.24, 2.45) is 0 Å². The summed E-state index contributed by atoms with van der Waals surface area (Å²) < 4.78 is 5.85. The monoisotopic (exact) mass is 334 g/mol. The van der Waals surface area contributed by atoms with Crippen LogP contribution in [0.15, 0.2) is 57.8 Å². The zero-order valence-corrected chi connectivity index (χ0v) is 13.7. The van der Waals surface area contributed by atoms with Gasteiger partial charge in [-0.05, 0) is 67.2 Å². The minimum absolute atomic E-state index is 0.123. The number of phenols is 2. The van der Waals surface area contributed by atoms with Crippen molar-refractivity contribution in [2.75, 3.05) is 0 Å². The first-order valence-corrected chi connectivity index (χ1v) is 8.41. The van der Waals surface area contributed by atoms with E-state index in [0.717, 1.165) is 18.4 Å². The number of rotatable bonds is 2. The van der Waals surface area contributed by atoms with Crippen molar-refractivity contribution < 1.29 is 14.6 Å². The lowest BCUT2D eigenvalue weighted by Crippen LogP contribution is -2.01. The molecule has 126 valence electrons. The van der Waals surface area contributed by atoms with E-state index in [4.69, 9.17) is 4.42 Å². The second-order valence-corrected chi connectivity index (χ2v) is 6.36. The summed E-state index contributed by atoms with van der Waals surface area (Å²) in [6, 6.07) is 11.5. The molecule has 4 heteroatoms. The fourth-order valence-electron chi connectivity index (χ4n) is 3.28. The maximum absolute atomic E-state index is 12.6. The molecule has 25 heavy (non-hydrogen) atoms. The standard InChI is InChI=1S/C21H18O4/c22-17-8-6-15(11-19(17)24)21-12-18(23)16-10-14(7-9-20(16)25-21)13-4-2-1-3-5-13/h4,6-12,22,24H,1-3,5H2. The molecule has 0 aliphatic heterocycles. The number of aromatic hydroxyl groups is 2. The fraction of sp³-hybridized carbons (Fsp3) is 0.190. The van der Waals surface area contributed by atoms with Gasteiger partial charge in [-0.15, -0.1) is 0 Å². The molecule has 1 aromatic heterocycles. The zero-order valence-electron chi connectivity index (χ0n) is 13.7. The van der Waals surface area contributed by atoms with E-state index < -0.39 is 0 Å². The van der Waals surface area contributed by atoms with Crippen molar-refractivity contribution in [1.29, 1.82) is 0 Å². The van der Waals surface area contributed by atoms with Crippen molar-refractivity contribution in [3.05, 3.63) is 64.3 Å². The summed E-state index contributed by atoms with van der Waals surface area (Å²) >= 11 is 0. The molecule has 0 fully saturated rings. The van der Waals surface area contributed by atoms with Crippen LogP contribution in [-0.2, 0) is 0 Å². The highest BCUT2D eigenvalue weighted by atomic mass is 16.3. The van der Waals surface area contributed by atoms with E-state index in [0.29, 0.717) is 22.3 Å². The van der Waals surface area contributed by atoms with Crippen LogP contribution >= 0.6 is 0 Å². The summed E-state index contributed by atoms with van der Waals surface area (Å²) in [5, 5.41) is 19.6. The summed E-state index contributed by atoms with van der Waals surface area (Å²) in [5.74, 6) is -0.102. The number of allylic oxidation sites excluding steroid dienone is 2. The Kier molecular flexibility index (Phi) is 3.80. The van der Waals surface area contributed by atoms with Gasteiger partial charge in [-0.25, -0.2) is 0 Å². The van der Waals surface area contributed by atoms with Gasteiger partial charge in [0.2, 0.25) is 0 Å². The second kappa shape index (κ2) is 6.13. The Hall–Kier alpha value is -3.01. The van der Waals surface area contributed by atoms with Crippen molar-refractivity contribution >= 4 is 16.5 Å². The van der Waals surface area contributed by atoms with Crippen LogP contribution in [0.4, 0.5) is 0 Å². The average molecular weight is 334 g/mol. The van der Waals surface area contributed by atoms with Crippen LogP contribution in [-0.4, -0.2) is 10.2 Å². The van der Waals surface area contributed by atoms with E-state index >= 15 is 0 Å². The molecule has 2 N–H and O–H groups in total. The molecule has 3 aromatic rings. The van der Waals surface area contributed by atoms with E-state index in [2.05, 4.69) is 6.08 Å². The first kappa shape index (κ1) is 15.5. The first-order valence-electron chi connectivity index (χ1n) is 8.41. The molecule has 4 rings (SSSR count). The predicted octanol–water partition coefficient (Wildman–Crippen LogP) is 4.83. The molecular formula is C21H18O4. The van der Waals surface area contributed by atoms with Crippen LogP contribution in [0.5, 0.6) is 11.5 Å². The number of hydrogen-bond acceptors (Lipinski definition) is 4. The van der Waals surface area contributed by atoms with Gasteiger partial charge in [0.15, 0.2) is 16.9 Å². The molecule has 0 atom stereocenters. The van der Waals surface area contributed by atoms with E-state index in [1.54, 1.807) is 6.07 Å². The molecule has 0 bridgehead atoms. The molecule has 0 radical (unpaired) electrons. The molecule has 1 heterocycles. The van der Waals surface area contributed by atoms with E-state index in [9.17, 15) is 15.0 Å². The zero-order chi connectivity index (χ0) is 17.4. The number of fused-ring (bicyclic) bond motifs is 1. The normalized spacial score (nSPS) is 14.5. The topological polar surface area (TPSA) is 70.7 Å². The lowest BCUT2D eigenvalue weighted by Gasteiger charge is -2.13. The molecule has 0 unspecified atom stereocenters. The largest absolute Gasteiger partial charge is 0.504 e.